The van der Waals surface area contributed by atoms with Gasteiger partial charge in [-0.25, -0.2) is 0 Å². The summed E-state index contributed by atoms with van der Waals surface area (Å²) < 4.78 is 16.2. The average molecular weight is 465 g/mol. The van der Waals surface area contributed by atoms with Crippen molar-refractivity contribution in [3.63, 3.8) is 0 Å². The van der Waals surface area contributed by atoms with Crippen LogP contribution >= 0.6 is 11.6 Å². The highest BCUT2D eigenvalue weighted by Crippen LogP contribution is 2.43. The fourth-order valence-electron chi connectivity index (χ4n) is 3.97. The largest absolute Gasteiger partial charge is 0.503 e. The minimum atomic E-state index is -0.997. The Bertz CT molecular complexity index is 1450. The second-order valence-corrected chi connectivity index (χ2v) is 7.95. The van der Waals surface area contributed by atoms with Crippen molar-refractivity contribution in [1.82, 2.24) is 5.16 Å². The van der Waals surface area contributed by atoms with E-state index in [9.17, 15) is 14.7 Å². The number of benzene rings is 2. The van der Waals surface area contributed by atoms with E-state index in [4.69, 9.17) is 25.3 Å². The van der Waals surface area contributed by atoms with Crippen LogP contribution in [0.25, 0.3) is 11.0 Å². The van der Waals surface area contributed by atoms with Crippen molar-refractivity contribution in [3.8, 4) is 5.75 Å². The number of aryl methyl sites for hydroxylation is 1. The first kappa shape index (κ1) is 20.8. The van der Waals surface area contributed by atoms with Gasteiger partial charge in [0.25, 0.3) is 5.91 Å². The lowest BCUT2D eigenvalue weighted by Gasteiger charge is -2.24. The third-order valence-electron chi connectivity index (χ3n) is 5.43. The summed E-state index contributed by atoms with van der Waals surface area (Å²) >= 11 is 6.19. The van der Waals surface area contributed by atoms with Crippen LogP contribution in [0, 0.1) is 6.92 Å². The van der Waals surface area contributed by atoms with E-state index in [2.05, 4.69) is 5.16 Å². The molecule has 166 valence electrons. The fourth-order valence-corrected chi connectivity index (χ4v) is 4.17. The molecule has 1 aliphatic heterocycles. The summed E-state index contributed by atoms with van der Waals surface area (Å²) in [5.41, 5.74) is 0.745. The smallest absolute Gasteiger partial charge is 0.295 e. The van der Waals surface area contributed by atoms with Crippen LogP contribution < -0.4 is 9.64 Å². The van der Waals surface area contributed by atoms with Gasteiger partial charge in [-0.1, -0.05) is 41.0 Å². The number of aliphatic hydroxyl groups is 1. The standard InChI is InChI=1S/C24H17ClN2O6/c1-12-9-18(26-33-12)27-20(13-5-3-7-15(25)10-13)19(22(29)24(27)30)21(28)17-11-14-6-4-8-16(31-2)23(14)32-17/h3-11,20,29H,1-2H3. The number of anilines is 1. The molecule has 1 N–H and O–H groups in total. The minimum absolute atomic E-state index is 0.0472. The van der Waals surface area contributed by atoms with Crippen LogP contribution in [0.5, 0.6) is 5.75 Å². The molecule has 1 amide bonds. The fraction of sp³-hybridized carbons (Fsp3) is 0.125. The lowest BCUT2D eigenvalue weighted by molar-refractivity contribution is -0.117. The molecular weight excluding hydrogens is 448 g/mol. The molecule has 0 radical (unpaired) electrons. The minimum Gasteiger partial charge on any atom is -0.503 e. The maximum Gasteiger partial charge on any atom is 0.295 e. The Hall–Kier alpha value is -4.04. The van der Waals surface area contributed by atoms with E-state index in [0.29, 0.717) is 33.1 Å². The zero-order chi connectivity index (χ0) is 23.3. The molecule has 3 heterocycles. The van der Waals surface area contributed by atoms with Crippen molar-refractivity contribution in [2.45, 2.75) is 13.0 Å². The van der Waals surface area contributed by atoms with Crippen LogP contribution in [0.1, 0.15) is 27.9 Å². The third kappa shape index (κ3) is 3.35. The summed E-state index contributed by atoms with van der Waals surface area (Å²) in [6.07, 6.45) is 0. The van der Waals surface area contributed by atoms with Crippen LogP contribution in [-0.4, -0.2) is 29.1 Å². The highest BCUT2D eigenvalue weighted by atomic mass is 35.5. The number of furan rings is 1. The van der Waals surface area contributed by atoms with E-state index in [1.807, 2.05) is 0 Å². The van der Waals surface area contributed by atoms with Crippen molar-refractivity contribution < 1.29 is 28.4 Å². The number of methoxy groups -OCH3 is 1. The van der Waals surface area contributed by atoms with E-state index >= 15 is 0 Å². The lowest BCUT2D eigenvalue weighted by atomic mass is 9.95. The molecule has 2 aromatic heterocycles. The van der Waals surface area contributed by atoms with Gasteiger partial charge < -0.3 is 18.8 Å². The van der Waals surface area contributed by atoms with Crippen molar-refractivity contribution in [1.29, 1.82) is 0 Å². The Kier molecular flexibility index (Phi) is 4.94. The first-order valence-electron chi connectivity index (χ1n) is 9.95. The molecule has 0 aliphatic carbocycles. The van der Waals surface area contributed by atoms with Crippen LogP contribution in [-0.2, 0) is 4.79 Å². The molecule has 4 aromatic rings. The van der Waals surface area contributed by atoms with Gasteiger partial charge >= 0.3 is 0 Å². The van der Waals surface area contributed by atoms with Crippen LogP contribution in [0.3, 0.4) is 0 Å². The van der Waals surface area contributed by atoms with Crippen LogP contribution in [0.2, 0.25) is 5.02 Å². The second-order valence-electron chi connectivity index (χ2n) is 7.51. The highest BCUT2D eigenvalue weighted by molar-refractivity contribution is 6.30. The quantitative estimate of drug-likeness (QED) is 0.406. The summed E-state index contributed by atoms with van der Waals surface area (Å²) in [5, 5.41) is 15.8. The van der Waals surface area contributed by atoms with E-state index in [1.54, 1.807) is 61.5 Å². The molecule has 0 fully saturated rings. The maximum atomic E-state index is 13.6. The number of nitrogens with zero attached hydrogens (tertiary/aromatic N) is 2. The number of para-hydroxylation sites is 1. The zero-order valence-electron chi connectivity index (χ0n) is 17.5. The number of rotatable bonds is 5. The predicted octanol–water partition coefficient (Wildman–Crippen LogP) is 5.17. The number of amides is 1. The highest BCUT2D eigenvalue weighted by Gasteiger charge is 2.46. The Balaban J connectivity index is 1.67. The molecule has 0 bridgehead atoms. The molecule has 1 aliphatic rings. The van der Waals surface area contributed by atoms with E-state index in [0.717, 1.165) is 0 Å². The zero-order valence-corrected chi connectivity index (χ0v) is 18.3. The summed E-state index contributed by atoms with van der Waals surface area (Å²) in [5.74, 6) is -1.10. The van der Waals surface area contributed by atoms with Crippen LogP contribution in [0.15, 0.2) is 74.9 Å². The molecule has 0 spiro atoms. The Morgan fingerprint density at radius 3 is 2.67 bits per heavy atom. The van der Waals surface area contributed by atoms with Crippen molar-refractivity contribution in [3.05, 3.63) is 88.0 Å². The number of Topliss-reactive ketones (excluding diaryl/α,β-unsaturated/α-hetero) is 1. The Morgan fingerprint density at radius 1 is 1.18 bits per heavy atom. The molecule has 0 saturated carbocycles. The molecule has 1 unspecified atom stereocenters. The number of carbonyl (C=O) groups excluding carboxylic acids is 2. The lowest BCUT2D eigenvalue weighted by Crippen LogP contribution is -2.31. The second kappa shape index (κ2) is 7.83. The van der Waals surface area contributed by atoms with Gasteiger partial charge in [-0.2, -0.15) is 0 Å². The van der Waals surface area contributed by atoms with E-state index < -0.39 is 23.5 Å². The SMILES string of the molecule is COc1cccc2cc(C(=O)C3=C(O)C(=O)N(c4cc(C)on4)C3c3cccc(Cl)c3)oc12. The van der Waals surface area contributed by atoms with Crippen molar-refractivity contribution >= 4 is 40.1 Å². The van der Waals surface area contributed by atoms with Gasteiger partial charge in [0, 0.05) is 16.5 Å². The average Bonchev–Trinajstić information content (AvgIpc) is 3.49. The molecule has 9 heteroatoms. The predicted molar refractivity (Wildman–Crippen MR) is 120 cm³/mol. The molecule has 33 heavy (non-hydrogen) atoms. The monoisotopic (exact) mass is 464 g/mol. The summed E-state index contributed by atoms with van der Waals surface area (Å²) in [7, 11) is 1.50. The molecule has 0 saturated heterocycles. The van der Waals surface area contributed by atoms with Crippen molar-refractivity contribution in [2.75, 3.05) is 12.0 Å². The van der Waals surface area contributed by atoms with Crippen LogP contribution in [0.4, 0.5) is 5.82 Å². The number of hydrogen-bond acceptors (Lipinski definition) is 7. The van der Waals surface area contributed by atoms with Gasteiger partial charge in [-0.15, -0.1) is 0 Å². The van der Waals surface area contributed by atoms with Gasteiger partial charge in [-0.05, 0) is 36.8 Å². The number of aromatic nitrogens is 1. The van der Waals surface area contributed by atoms with Gasteiger partial charge in [-0.3, -0.25) is 14.5 Å². The van der Waals surface area contributed by atoms with E-state index in [1.165, 1.54) is 12.0 Å². The number of ether oxygens (including phenoxy) is 1. The Labute approximate surface area is 192 Å². The number of carbonyl (C=O) groups is 2. The van der Waals surface area contributed by atoms with Gasteiger partial charge in [0.15, 0.2) is 28.7 Å². The summed E-state index contributed by atoms with van der Waals surface area (Å²) in [6.45, 7) is 1.67. The number of fused-ring (bicyclic) bond motifs is 1. The Morgan fingerprint density at radius 2 is 1.97 bits per heavy atom. The van der Waals surface area contributed by atoms with E-state index in [-0.39, 0.29) is 17.2 Å². The van der Waals surface area contributed by atoms with Gasteiger partial charge in [0.05, 0.1) is 18.7 Å². The summed E-state index contributed by atoms with van der Waals surface area (Å²) in [6, 6.07) is 14.0. The first-order valence-corrected chi connectivity index (χ1v) is 10.3. The summed E-state index contributed by atoms with van der Waals surface area (Å²) in [4.78, 5) is 27.9. The molecule has 8 nitrogen and oxygen atoms in total. The van der Waals surface area contributed by atoms with Gasteiger partial charge in [0.1, 0.15) is 5.76 Å². The normalized spacial score (nSPS) is 16.2. The topological polar surface area (TPSA) is 106 Å². The number of ketones is 1. The first-order chi connectivity index (χ1) is 15.9. The molecule has 1 atom stereocenters. The third-order valence-corrected chi connectivity index (χ3v) is 5.67. The molecular formula is C24H17ClN2O6. The number of halogens is 1. The molecule has 5 rings (SSSR count). The number of hydrogen-bond donors (Lipinski definition) is 1. The number of aliphatic hydroxyl groups excluding tert-OH is 1. The van der Waals surface area contributed by atoms with Gasteiger partial charge in [0.2, 0.25) is 5.78 Å². The molecule has 2 aromatic carbocycles. The maximum absolute atomic E-state index is 13.6. The van der Waals surface area contributed by atoms with Crippen molar-refractivity contribution in [2.24, 2.45) is 0 Å².